The maximum absolute atomic E-state index is 5.92. The zero-order valence-corrected chi connectivity index (χ0v) is 11.9. The maximum atomic E-state index is 5.92. The molecule has 1 aromatic carbocycles. The second-order valence-corrected chi connectivity index (χ2v) is 5.07. The Balaban J connectivity index is 2.77. The van der Waals surface area contributed by atoms with Crippen LogP contribution in [0.2, 0.25) is 0 Å². The number of benzene rings is 1. The molecule has 0 spiro atoms. The second kappa shape index (κ2) is 6.06. The monoisotopic (exact) mass is 235 g/mol. The van der Waals surface area contributed by atoms with Gasteiger partial charge < -0.3 is 10.1 Å². The summed E-state index contributed by atoms with van der Waals surface area (Å²) in [5.41, 5.74) is 2.70. The smallest absolute Gasteiger partial charge is 0.120 e. The van der Waals surface area contributed by atoms with Gasteiger partial charge in [-0.25, -0.2) is 0 Å². The SMILES string of the molecule is CNC(C)C(C)Oc1ccc(C(C)C)c(C)c1. The number of hydrogen-bond donors (Lipinski definition) is 1. The molecule has 2 unspecified atom stereocenters. The van der Waals surface area contributed by atoms with Crippen LogP contribution in [-0.4, -0.2) is 19.2 Å². The zero-order valence-electron chi connectivity index (χ0n) is 11.9. The average Bonchev–Trinajstić information content (AvgIpc) is 2.27. The van der Waals surface area contributed by atoms with Crippen LogP contribution in [0.4, 0.5) is 0 Å². The number of ether oxygens (including phenoxy) is 1. The van der Waals surface area contributed by atoms with E-state index in [4.69, 9.17) is 4.74 Å². The van der Waals surface area contributed by atoms with Gasteiger partial charge in [0.05, 0.1) is 0 Å². The molecule has 96 valence electrons. The lowest BCUT2D eigenvalue weighted by Gasteiger charge is -2.22. The molecule has 0 radical (unpaired) electrons. The minimum atomic E-state index is 0.171. The molecule has 0 aliphatic carbocycles. The molecule has 1 rings (SSSR count). The summed E-state index contributed by atoms with van der Waals surface area (Å²) >= 11 is 0. The molecule has 0 bridgehead atoms. The molecule has 1 N–H and O–H groups in total. The average molecular weight is 235 g/mol. The minimum Gasteiger partial charge on any atom is -0.489 e. The van der Waals surface area contributed by atoms with Gasteiger partial charge >= 0.3 is 0 Å². The number of likely N-dealkylation sites (N-methyl/N-ethyl adjacent to an activating group) is 1. The Bertz CT molecular complexity index is 360. The molecular formula is C15H25NO. The third kappa shape index (κ3) is 3.74. The quantitative estimate of drug-likeness (QED) is 0.843. The first-order valence-electron chi connectivity index (χ1n) is 6.40. The summed E-state index contributed by atoms with van der Waals surface area (Å²) in [6, 6.07) is 6.72. The molecule has 2 nitrogen and oxygen atoms in total. The summed E-state index contributed by atoms with van der Waals surface area (Å²) in [6.45, 7) is 10.8. The topological polar surface area (TPSA) is 21.3 Å². The number of nitrogens with one attached hydrogen (secondary N) is 1. The number of hydrogen-bond acceptors (Lipinski definition) is 2. The lowest BCUT2D eigenvalue weighted by molar-refractivity contribution is 0.182. The van der Waals surface area contributed by atoms with Crippen LogP contribution in [0.15, 0.2) is 18.2 Å². The first-order valence-corrected chi connectivity index (χ1v) is 6.40. The Morgan fingerprint density at radius 1 is 1.12 bits per heavy atom. The van der Waals surface area contributed by atoms with Crippen molar-refractivity contribution in [3.05, 3.63) is 29.3 Å². The molecule has 17 heavy (non-hydrogen) atoms. The van der Waals surface area contributed by atoms with E-state index in [-0.39, 0.29) is 6.10 Å². The molecule has 0 saturated carbocycles. The van der Waals surface area contributed by atoms with Crippen molar-refractivity contribution in [3.63, 3.8) is 0 Å². The van der Waals surface area contributed by atoms with Crippen molar-refractivity contribution >= 4 is 0 Å². The lowest BCUT2D eigenvalue weighted by Crippen LogP contribution is -2.36. The predicted molar refractivity (Wildman–Crippen MR) is 73.9 cm³/mol. The van der Waals surface area contributed by atoms with Crippen molar-refractivity contribution in [2.24, 2.45) is 0 Å². The third-order valence-corrected chi connectivity index (χ3v) is 3.34. The van der Waals surface area contributed by atoms with Gasteiger partial charge in [0.1, 0.15) is 11.9 Å². The van der Waals surface area contributed by atoms with Crippen molar-refractivity contribution < 1.29 is 4.74 Å². The third-order valence-electron chi connectivity index (χ3n) is 3.34. The Morgan fingerprint density at radius 3 is 2.24 bits per heavy atom. The highest BCUT2D eigenvalue weighted by Gasteiger charge is 2.12. The van der Waals surface area contributed by atoms with Gasteiger partial charge in [-0.2, -0.15) is 0 Å². The largest absolute Gasteiger partial charge is 0.489 e. The van der Waals surface area contributed by atoms with Crippen LogP contribution >= 0.6 is 0 Å². The zero-order chi connectivity index (χ0) is 13.0. The van der Waals surface area contributed by atoms with E-state index in [1.807, 2.05) is 7.05 Å². The Hall–Kier alpha value is -1.02. The fourth-order valence-electron chi connectivity index (χ4n) is 1.92. The van der Waals surface area contributed by atoms with Crippen molar-refractivity contribution in [3.8, 4) is 5.75 Å². The molecule has 0 fully saturated rings. The molecule has 1 aromatic rings. The van der Waals surface area contributed by atoms with Crippen LogP contribution in [0.5, 0.6) is 5.75 Å². The van der Waals surface area contributed by atoms with Gasteiger partial charge in [-0.1, -0.05) is 19.9 Å². The Morgan fingerprint density at radius 2 is 1.76 bits per heavy atom. The first kappa shape index (κ1) is 14.0. The van der Waals surface area contributed by atoms with E-state index in [9.17, 15) is 0 Å². The van der Waals surface area contributed by atoms with E-state index in [1.54, 1.807) is 0 Å². The Labute approximate surface area is 105 Å². The highest BCUT2D eigenvalue weighted by molar-refractivity contribution is 5.36. The van der Waals surface area contributed by atoms with Crippen LogP contribution in [0, 0.1) is 6.92 Å². The molecule has 2 heteroatoms. The second-order valence-electron chi connectivity index (χ2n) is 5.07. The number of aryl methyl sites for hydroxylation is 1. The molecule has 0 aliphatic rings. The van der Waals surface area contributed by atoms with Crippen molar-refractivity contribution in [1.82, 2.24) is 5.32 Å². The molecule has 0 saturated heterocycles. The van der Waals surface area contributed by atoms with Gasteiger partial charge in [0.15, 0.2) is 0 Å². The van der Waals surface area contributed by atoms with E-state index in [2.05, 4.69) is 58.1 Å². The van der Waals surface area contributed by atoms with E-state index in [0.29, 0.717) is 12.0 Å². The van der Waals surface area contributed by atoms with Crippen LogP contribution in [0.1, 0.15) is 44.7 Å². The highest BCUT2D eigenvalue weighted by Crippen LogP contribution is 2.24. The van der Waals surface area contributed by atoms with Crippen molar-refractivity contribution in [1.29, 1.82) is 0 Å². The van der Waals surface area contributed by atoms with Gasteiger partial charge in [-0.3, -0.25) is 0 Å². The molecule has 0 amide bonds. The van der Waals surface area contributed by atoms with Crippen LogP contribution in [0.25, 0.3) is 0 Å². The fraction of sp³-hybridized carbons (Fsp3) is 0.600. The summed E-state index contributed by atoms with van der Waals surface area (Å²) in [4.78, 5) is 0. The van der Waals surface area contributed by atoms with Crippen LogP contribution in [0.3, 0.4) is 0 Å². The predicted octanol–water partition coefficient (Wildman–Crippen LogP) is 3.49. The summed E-state index contributed by atoms with van der Waals surface area (Å²) in [6.07, 6.45) is 0.171. The van der Waals surface area contributed by atoms with E-state index in [0.717, 1.165) is 5.75 Å². The Kier molecular flexibility index (Phi) is 5.01. The van der Waals surface area contributed by atoms with E-state index < -0.39 is 0 Å². The van der Waals surface area contributed by atoms with E-state index >= 15 is 0 Å². The number of rotatable bonds is 5. The van der Waals surface area contributed by atoms with E-state index in [1.165, 1.54) is 11.1 Å². The summed E-state index contributed by atoms with van der Waals surface area (Å²) in [7, 11) is 1.96. The highest BCUT2D eigenvalue weighted by atomic mass is 16.5. The van der Waals surface area contributed by atoms with Gasteiger partial charge in [0.25, 0.3) is 0 Å². The van der Waals surface area contributed by atoms with Gasteiger partial charge in [0.2, 0.25) is 0 Å². The summed E-state index contributed by atoms with van der Waals surface area (Å²) in [5, 5.41) is 3.20. The van der Waals surface area contributed by atoms with Crippen LogP contribution in [-0.2, 0) is 0 Å². The summed E-state index contributed by atoms with van der Waals surface area (Å²) in [5.74, 6) is 1.53. The minimum absolute atomic E-state index is 0.171. The molecule has 0 aromatic heterocycles. The van der Waals surface area contributed by atoms with Gasteiger partial charge in [-0.05, 0) is 57.0 Å². The van der Waals surface area contributed by atoms with Crippen LogP contribution < -0.4 is 10.1 Å². The maximum Gasteiger partial charge on any atom is 0.120 e. The molecule has 2 atom stereocenters. The molecule has 0 aliphatic heterocycles. The summed E-state index contributed by atoms with van der Waals surface area (Å²) < 4.78 is 5.92. The molecule has 0 heterocycles. The standard InChI is InChI=1S/C15H25NO/c1-10(2)15-8-7-14(9-11(15)3)17-13(5)12(4)16-6/h7-10,12-13,16H,1-6H3. The normalized spacial score (nSPS) is 14.8. The molecular weight excluding hydrogens is 210 g/mol. The fourth-order valence-corrected chi connectivity index (χ4v) is 1.92. The van der Waals surface area contributed by atoms with Crippen molar-refractivity contribution in [2.45, 2.75) is 52.7 Å². The van der Waals surface area contributed by atoms with Gasteiger partial charge in [0, 0.05) is 6.04 Å². The lowest BCUT2D eigenvalue weighted by atomic mass is 9.98. The first-order chi connectivity index (χ1) is 7.95. The van der Waals surface area contributed by atoms with Crippen molar-refractivity contribution in [2.75, 3.05) is 7.05 Å². The van der Waals surface area contributed by atoms with Gasteiger partial charge in [-0.15, -0.1) is 0 Å².